The standard InChI is InChI=1S/C18H29N/c1-4-19-18(14(2)3)13-10-15-8-11-17(12-9-15)16-6-5-7-16/h8-9,11-12,14,16,18-19H,4-7,10,13H2,1-3H3. The van der Waals surface area contributed by atoms with E-state index < -0.39 is 0 Å². The second-order valence-corrected chi connectivity index (χ2v) is 6.32. The first-order chi connectivity index (χ1) is 9.20. The van der Waals surface area contributed by atoms with Gasteiger partial charge >= 0.3 is 0 Å². The molecule has 19 heavy (non-hydrogen) atoms. The van der Waals surface area contributed by atoms with E-state index in [0.717, 1.165) is 12.5 Å². The number of hydrogen-bond donors (Lipinski definition) is 1. The van der Waals surface area contributed by atoms with E-state index in [2.05, 4.69) is 50.4 Å². The topological polar surface area (TPSA) is 12.0 Å². The van der Waals surface area contributed by atoms with Crippen molar-refractivity contribution in [1.82, 2.24) is 5.32 Å². The van der Waals surface area contributed by atoms with Gasteiger partial charge in [0, 0.05) is 6.04 Å². The minimum Gasteiger partial charge on any atom is -0.314 e. The Morgan fingerprint density at radius 3 is 2.32 bits per heavy atom. The second-order valence-electron chi connectivity index (χ2n) is 6.32. The third kappa shape index (κ3) is 4.07. The van der Waals surface area contributed by atoms with Crippen LogP contribution in [0.1, 0.15) is 63.5 Å². The number of aryl methyl sites for hydroxylation is 1. The van der Waals surface area contributed by atoms with E-state index in [1.54, 1.807) is 5.56 Å². The maximum atomic E-state index is 3.60. The van der Waals surface area contributed by atoms with Crippen molar-refractivity contribution in [2.24, 2.45) is 5.92 Å². The average Bonchev–Trinajstić information content (AvgIpc) is 2.34. The fourth-order valence-electron chi connectivity index (χ4n) is 2.95. The summed E-state index contributed by atoms with van der Waals surface area (Å²) < 4.78 is 0. The molecule has 1 N–H and O–H groups in total. The van der Waals surface area contributed by atoms with E-state index in [9.17, 15) is 0 Å². The Morgan fingerprint density at radius 1 is 1.16 bits per heavy atom. The molecule has 0 amide bonds. The van der Waals surface area contributed by atoms with Crippen LogP contribution in [-0.2, 0) is 6.42 Å². The Kier molecular flexibility index (Phi) is 5.45. The van der Waals surface area contributed by atoms with Crippen LogP contribution in [0.2, 0.25) is 0 Å². The van der Waals surface area contributed by atoms with E-state index in [1.807, 2.05) is 0 Å². The van der Waals surface area contributed by atoms with E-state index in [1.165, 1.54) is 37.7 Å². The smallest absolute Gasteiger partial charge is 0.00931 e. The maximum Gasteiger partial charge on any atom is 0.00931 e. The van der Waals surface area contributed by atoms with Gasteiger partial charge in [-0.05, 0) is 55.2 Å². The molecular formula is C18H29N. The van der Waals surface area contributed by atoms with Crippen molar-refractivity contribution in [3.63, 3.8) is 0 Å². The Balaban J connectivity index is 1.84. The van der Waals surface area contributed by atoms with Gasteiger partial charge in [0.15, 0.2) is 0 Å². The zero-order chi connectivity index (χ0) is 13.7. The number of nitrogens with one attached hydrogen (secondary N) is 1. The van der Waals surface area contributed by atoms with Crippen LogP contribution < -0.4 is 5.32 Å². The van der Waals surface area contributed by atoms with Gasteiger partial charge in [0.2, 0.25) is 0 Å². The highest BCUT2D eigenvalue weighted by molar-refractivity contribution is 5.26. The lowest BCUT2D eigenvalue weighted by molar-refractivity contribution is 0.385. The van der Waals surface area contributed by atoms with Crippen LogP contribution in [0.4, 0.5) is 0 Å². The summed E-state index contributed by atoms with van der Waals surface area (Å²) in [7, 11) is 0. The normalized spacial score (nSPS) is 17.5. The third-order valence-electron chi connectivity index (χ3n) is 4.57. The van der Waals surface area contributed by atoms with Crippen LogP contribution in [0.25, 0.3) is 0 Å². The van der Waals surface area contributed by atoms with Crippen LogP contribution in [-0.4, -0.2) is 12.6 Å². The van der Waals surface area contributed by atoms with E-state index in [4.69, 9.17) is 0 Å². The van der Waals surface area contributed by atoms with Gasteiger partial charge in [0.1, 0.15) is 0 Å². The SMILES string of the molecule is CCNC(CCc1ccc(C2CCC2)cc1)C(C)C. The Labute approximate surface area is 118 Å². The fourth-order valence-corrected chi connectivity index (χ4v) is 2.95. The predicted octanol–water partition coefficient (Wildman–Crippen LogP) is 4.52. The molecule has 1 nitrogen and oxygen atoms in total. The lowest BCUT2D eigenvalue weighted by Gasteiger charge is -2.26. The largest absolute Gasteiger partial charge is 0.314 e. The van der Waals surface area contributed by atoms with E-state index in [0.29, 0.717) is 12.0 Å². The minimum atomic E-state index is 0.649. The predicted molar refractivity (Wildman–Crippen MR) is 83.7 cm³/mol. The molecule has 0 aromatic heterocycles. The molecule has 0 heterocycles. The molecule has 1 aromatic rings. The van der Waals surface area contributed by atoms with Gasteiger partial charge in [-0.2, -0.15) is 0 Å². The van der Waals surface area contributed by atoms with E-state index in [-0.39, 0.29) is 0 Å². The Bertz CT molecular complexity index is 362. The summed E-state index contributed by atoms with van der Waals surface area (Å²) in [6.07, 6.45) is 6.66. The fraction of sp³-hybridized carbons (Fsp3) is 0.667. The molecule has 106 valence electrons. The summed E-state index contributed by atoms with van der Waals surface area (Å²) >= 11 is 0. The molecule has 1 aliphatic carbocycles. The van der Waals surface area contributed by atoms with Crippen LogP contribution in [0.15, 0.2) is 24.3 Å². The van der Waals surface area contributed by atoms with Crippen LogP contribution in [0.3, 0.4) is 0 Å². The van der Waals surface area contributed by atoms with Crippen molar-refractivity contribution in [3.05, 3.63) is 35.4 Å². The Hall–Kier alpha value is -0.820. The molecule has 1 fully saturated rings. The Morgan fingerprint density at radius 2 is 1.84 bits per heavy atom. The van der Waals surface area contributed by atoms with Gasteiger partial charge in [-0.25, -0.2) is 0 Å². The van der Waals surface area contributed by atoms with Gasteiger partial charge in [0.05, 0.1) is 0 Å². The number of rotatable bonds is 7. The zero-order valence-corrected chi connectivity index (χ0v) is 12.8. The van der Waals surface area contributed by atoms with Crippen LogP contribution in [0, 0.1) is 5.92 Å². The van der Waals surface area contributed by atoms with E-state index >= 15 is 0 Å². The van der Waals surface area contributed by atoms with Crippen LogP contribution >= 0.6 is 0 Å². The summed E-state index contributed by atoms with van der Waals surface area (Å²) in [5, 5.41) is 3.60. The molecule has 0 spiro atoms. The molecule has 1 aliphatic rings. The van der Waals surface area contributed by atoms with Crippen molar-refractivity contribution in [2.75, 3.05) is 6.54 Å². The first-order valence-corrected chi connectivity index (χ1v) is 8.03. The highest BCUT2D eigenvalue weighted by atomic mass is 14.9. The summed E-state index contributed by atoms with van der Waals surface area (Å²) in [5.41, 5.74) is 3.05. The molecule has 1 atom stereocenters. The van der Waals surface area contributed by atoms with Gasteiger partial charge < -0.3 is 5.32 Å². The number of hydrogen-bond acceptors (Lipinski definition) is 1. The van der Waals surface area contributed by atoms with Gasteiger partial charge in [0.25, 0.3) is 0 Å². The maximum absolute atomic E-state index is 3.60. The van der Waals surface area contributed by atoms with Crippen molar-refractivity contribution in [3.8, 4) is 0 Å². The summed E-state index contributed by atoms with van der Waals surface area (Å²) in [4.78, 5) is 0. The molecule has 0 bridgehead atoms. The monoisotopic (exact) mass is 259 g/mol. The molecule has 1 heteroatoms. The first-order valence-electron chi connectivity index (χ1n) is 8.03. The minimum absolute atomic E-state index is 0.649. The lowest BCUT2D eigenvalue weighted by atomic mass is 9.80. The van der Waals surface area contributed by atoms with Crippen molar-refractivity contribution >= 4 is 0 Å². The zero-order valence-electron chi connectivity index (χ0n) is 12.8. The quantitative estimate of drug-likeness (QED) is 0.759. The lowest BCUT2D eigenvalue weighted by Crippen LogP contribution is -2.34. The summed E-state index contributed by atoms with van der Waals surface area (Å²) in [6.45, 7) is 7.90. The molecule has 1 aromatic carbocycles. The van der Waals surface area contributed by atoms with Crippen LogP contribution in [0.5, 0.6) is 0 Å². The van der Waals surface area contributed by atoms with Gasteiger partial charge in [-0.1, -0.05) is 51.5 Å². The first kappa shape index (κ1) is 14.6. The highest BCUT2D eigenvalue weighted by Crippen LogP contribution is 2.36. The average molecular weight is 259 g/mol. The summed E-state index contributed by atoms with van der Waals surface area (Å²) in [6, 6.07) is 10.1. The van der Waals surface area contributed by atoms with Gasteiger partial charge in [-0.3, -0.25) is 0 Å². The molecule has 0 aliphatic heterocycles. The molecular weight excluding hydrogens is 230 g/mol. The molecule has 2 rings (SSSR count). The van der Waals surface area contributed by atoms with Crippen molar-refractivity contribution in [2.45, 2.75) is 64.8 Å². The van der Waals surface area contributed by atoms with Crippen molar-refractivity contribution in [1.29, 1.82) is 0 Å². The summed E-state index contributed by atoms with van der Waals surface area (Å²) in [5.74, 6) is 1.58. The second kappa shape index (κ2) is 7.09. The molecule has 1 saturated carbocycles. The molecule has 0 radical (unpaired) electrons. The van der Waals surface area contributed by atoms with Gasteiger partial charge in [-0.15, -0.1) is 0 Å². The number of benzene rings is 1. The third-order valence-corrected chi connectivity index (χ3v) is 4.57. The highest BCUT2D eigenvalue weighted by Gasteiger charge is 2.19. The molecule has 0 saturated heterocycles. The molecule has 1 unspecified atom stereocenters. The van der Waals surface area contributed by atoms with Crippen molar-refractivity contribution < 1.29 is 0 Å².